The highest BCUT2D eigenvalue weighted by atomic mass is 28.4. The second-order valence-electron chi connectivity index (χ2n) is 9.16. The number of carbonyl (C=O) groups is 1. The Hall–Kier alpha value is -0.953. The van der Waals surface area contributed by atoms with Gasteiger partial charge in [0.05, 0.1) is 0 Å². The molecule has 1 aliphatic rings. The number of hydrogen-bond donors (Lipinski definition) is 0. The Morgan fingerprint density at radius 1 is 1.26 bits per heavy atom. The number of ether oxygens (including phenoxy) is 3. The van der Waals surface area contributed by atoms with Crippen molar-refractivity contribution < 1.29 is 23.4 Å². The normalized spacial score (nSPS) is 24.9. The van der Waals surface area contributed by atoms with E-state index in [9.17, 15) is 4.79 Å². The summed E-state index contributed by atoms with van der Waals surface area (Å²) in [7, 11) is -2.16. The van der Waals surface area contributed by atoms with E-state index in [0.717, 1.165) is 0 Å². The van der Waals surface area contributed by atoms with Gasteiger partial charge in [-0.25, -0.2) is 0 Å². The van der Waals surface area contributed by atoms with Crippen LogP contribution in [0.3, 0.4) is 0 Å². The zero-order valence-electron chi connectivity index (χ0n) is 18.3. The number of allylic oxidation sites excluding steroid dienone is 1. The molecule has 0 amide bonds. The molecular formula is C21H38O5Si. The van der Waals surface area contributed by atoms with Crippen LogP contribution in [0.4, 0.5) is 0 Å². The van der Waals surface area contributed by atoms with E-state index in [0.29, 0.717) is 12.8 Å². The van der Waals surface area contributed by atoms with Crippen molar-refractivity contribution in [3.8, 4) is 0 Å². The van der Waals surface area contributed by atoms with Gasteiger partial charge in [-0.1, -0.05) is 32.9 Å². The summed E-state index contributed by atoms with van der Waals surface area (Å²) >= 11 is 0. The zero-order valence-corrected chi connectivity index (χ0v) is 19.3. The molecule has 1 heterocycles. The lowest BCUT2D eigenvalue weighted by Gasteiger charge is -2.43. The van der Waals surface area contributed by atoms with E-state index in [1.54, 1.807) is 6.08 Å². The summed E-state index contributed by atoms with van der Waals surface area (Å²) < 4.78 is 24.6. The summed E-state index contributed by atoms with van der Waals surface area (Å²) in [6.07, 6.45) is 3.26. The molecule has 1 unspecified atom stereocenters. The Kier molecular flexibility index (Phi) is 8.06. The molecule has 0 N–H and O–H groups in total. The van der Waals surface area contributed by atoms with Crippen LogP contribution in [0.25, 0.3) is 0 Å². The topological polar surface area (TPSA) is 54.0 Å². The summed E-state index contributed by atoms with van der Waals surface area (Å²) in [4.78, 5) is 11.8. The van der Waals surface area contributed by atoms with Gasteiger partial charge in [-0.2, -0.15) is 0 Å². The van der Waals surface area contributed by atoms with Crippen molar-refractivity contribution in [2.24, 2.45) is 0 Å². The molecule has 156 valence electrons. The molecule has 0 saturated carbocycles. The number of carbonyl (C=O) groups excluding carboxylic acids is 1. The van der Waals surface area contributed by atoms with Crippen LogP contribution in [0.1, 0.15) is 54.4 Å². The van der Waals surface area contributed by atoms with Gasteiger partial charge in [0.25, 0.3) is 0 Å². The van der Waals surface area contributed by atoms with Gasteiger partial charge in [0, 0.05) is 6.92 Å². The summed E-state index contributed by atoms with van der Waals surface area (Å²) in [6.45, 7) is 23.8. The minimum absolute atomic E-state index is 0.00309. The third-order valence-electron chi connectivity index (χ3n) is 5.30. The maximum atomic E-state index is 11.8. The number of esters is 1. The van der Waals surface area contributed by atoms with Crippen molar-refractivity contribution in [3.63, 3.8) is 0 Å². The Labute approximate surface area is 166 Å². The molecule has 0 radical (unpaired) electrons. The van der Waals surface area contributed by atoms with Gasteiger partial charge in [-0.3, -0.25) is 4.79 Å². The molecule has 1 rings (SSSR count). The van der Waals surface area contributed by atoms with Crippen LogP contribution >= 0.6 is 0 Å². The van der Waals surface area contributed by atoms with Gasteiger partial charge in [0.2, 0.25) is 0 Å². The quantitative estimate of drug-likeness (QED) is 0.311. The molecule has 0 aliphatic carbocycles. The van der Waals surface area contributed by atoms with Crippen molar-refractivity contribution in [2.75, 3.05) is 0 Å². The molecule has 0 aromatic heterocycles. The van der Waals surface area contributed by atoms with Crippen LogP contribution in [-0.4, -0.2) is 44.5 Å². The van der Waals surface area contributed by atoms with E-state index in [2.05, 4.69) is 47.0 Å². The van der Waals surface area contributed by atoms with Gasteiger partial charge in [0.1, 0.15) is 24.4 Å². The molecule has 0 aromatic carbocycles. The number of rotatable bonds is 9. The van der Waals surface area contributed by atoms with E-state index in [1.165, 1.54) is 6.92 Å². The molecule has 0 spiro atoms. The second kappa shape index (κ2) is 9.03. The maximum Gasteiger partial charge on any atom is 0.302 e. The fraction of sp³-hybridized carbons (Fsp3) is 0.762. The van der Waals surface area contributed by atoms with Gasteiger partial charge in [-0.05, 0) is 44.8 Å². The van der Waals surface area contributed by atoms with Crippen LogP contribution in [0.5, 0.6) is 0 Å². The predicted molar refractivity (Wildman–Crippen MR) is 111 cm³/mol. The van der Waals surface area contributed by atoms with E-state index < -0.39 is 32.4 Å². The van der Waals surface area contributed by atoms with Gasteiger partial charge in [-0.15, -0.1) is 13.2 Å². The second-order valence-corrected chi connectivity index (χ2v) is 13.9. The third-order valence-corrected chi connectivity index (χ3v) is 9.77. The highest BCUT2D eigenvalue weighted by Crippen LogP contribution is 2.41. The minimum Gasteiger partial charge on any atom is -0.460 e. The Morgan fingerprint density at radius 3 is 2.30 bits per heavy atom. The molecule has 5 nitrogen and oxygen atoms in total. The Bertz CT molecular complexity index is 535. The SMILES string of the molecule is C=CCCC(OC(C)=O)[C@H](O[Si](C)(C)C(C)(C)C)[C@H]1OC(C)(C)O[C@H]1C=C. The van der Waals surface area contributed by atoms with Crippen LogP contribution in [0.15, 0.2) is 25.3 Å². The average molecular weight is 399 g/mol. The molecular weight excluding hydrogens is 360 g/mol. The highest BCUT2D eigenvalue weighted by Gasteiger charge is 2.50. The van der Waals surface area contributed by atoms with E-state index in [4.69, 9.17) is 18.6 Å². The molecule has 4 atom stereocenters. The molecule has 6 heteroatoms. The van der Waals surface area contributed by atoms with E-state index >= 15 is 0 Å². The van der Waals surface area contributed by atoms with E-state index in [1.807, 2.05) is 19.9 Å². The first-order valence-corrected chi connectivity index (χ1v) is 12.6. The first kappa shape index (κ1) is 24.1. The number of hydrogen-bond acceptors (Lipinski definition) is 5. The fourth-order valence-corrected chi connectivity index (χ4v) is 4.23. The average Bonchev–Trinajstić information content (AvgIpc) is 2.82. The zero-order chi connectivity index (χ0) is 21.0. The third kappa shape index (κ3) is 6.56. The first-order valence-electron chi connectivity index (χ1n) is 9.68. The fourth-order valence-electron chi connectivity index (χ4n) is 2.91. The molecule has 1 saturated heterocycles. The molecule has 0 bridgehead atoms. The van der Waals surface area contributed by atoms with Crippen molar-refractivity contribution >= 4 is 14.3 Å². The minimum atomic E-state index is -2.16. The highest BCUT2D eigenvalue weighted by molar-refractivity contribution is 6.74. The monoisotopic (exact) mass is 398 g/mol. The maximum absolute atomic E-state index is 11.8. The Morgan fingerprint density at radius 2 is 1.85 bits per heavy atom. The van der Waals surface area contributed by atoms with Gasteiger partial charge >= 0.3 is 5.97 Å². The summed E-state index contributed by atoms with van der Waals surface area (Å²) in [6, 6.07) is 0. The molecule has 27 heavy (non-hydrogen) atoms. The molecule has 1 aliphatic heterocycles. The lowest BCUT2D eigenvalue weighted by atomic mass is 9.99. The largest absolute Gasteiger partial charge is 0.460 e. The summed E-state index contributed by atoms with van der Waals surface area (Å²) in [5.74, 6) is -1.08. The predicted octanol–water partition coefficient (Wildman–Crippen LogP) is 4.98. The summed E-state index contributed by atoms with van der Waals surface area (Å²) in [5, 5.41) is 0.00309. The van der Waals surface area contributed by atoms with E-state index in [-0.39, 0.29) is 17.1 Å². The van der Waals surface area contributed by atoms with Crippen LogP contribution in [-0.2, 0) is 23.4 Å². The lowest BCUT2D eigenvalue weighted by Crippen LogP contribution is -2.54. The smallest absolute Gasteiger partial charge is 0.302 e. The standard InChI is InChI=1S/C21H38O5Si/c1-11-13-14-17(23-15(3)22)19(26-27(9,10)20(4,5)6)18-16(12-2)24-21(7,8)25-18/h11-12,16-19H,1-2,13-14H2,3-10H3/t16-,17?,18-,19-/m0/s1. The molecule has 0 aromatic rings. The molecule has 1 fully saturated rings. The van der Waals surface area contributed by atoms with Gasteiger partial charge in [0.15, 0.2) is 14.1 Å². The van der Waals surface area contributed by atoms with Crippen molar-refractivity contribution in [1.29, 1.82) is 0 Å². The van der Waals surface area contributed by atoms with Gasteiger partial charge < -0.3 is 18.6 Å². The van der Waals surface area contributed by atoms with Crippen LogP contribution < -0.4 is 0 Å². The lowest BCUT2D eigenvalue weighted by molar-refractivity contribution is -0.171. The van der Waals surface area contributed by atoms with Crippen LogP contribution in [0.2, 0.25) is 18.1 Å². The van der Waals surface area contributed by atoms with Crippen molar-refractivity contribution in [2.45, 2.75) is 103 Å². The van der Waals surface area contributed by atoms with Crippen LogP contribution in [0, 0.1) is 0 Å². The first-order chi connectivity index (χ1) is 12.2. The summed E-state index contributed by atoms with van der Waals surface area (Å²) in [5.41, 5.74) is 0. The van der Waals surface area contributed by atoms with Crippen molar-refractivity contribution in [3.05, 3.63) is 25.3 Å². The van der Waals surface area contributed by atoms with Crippen molar-refractivity contribution in [1.82, 2.24) is 0 Å². The Balaban J connectivity index is 3.30.